The average molecular weight is 282 g/mol. The number of rotatable bonds is 5. The second-order valence-corrected chi connectivity index (χ2v) is 5.39. The third kappa shape index (κ3) is 3.58. The van der Waals surface area contributed by atoms with Gasteiger partial charge in [0.05, 0.1) is 9.79 Å². The topological polar surface area (TPSA) is 52.6 Å². The van der Waals surface area contributed by atoms with E-state index in [-0.39, 0.29) is 0 Å². The van der Waals surface area contributed by atoms with Crippen LogP contribution in [-0.4, -0.2) is 8.42 Å². The molecule has 0 radical (unpaired) electrons. The molecule has 2 rings (SSSR count). The zero-order valence-electron chi connectivity index (χ0n) is 9.22. The Morgan fingerprint density at radius 3 is 1.28 bits per heavy atom. The Bertz CT molecular complexity index is 491. The molecule has 2 unspecified atom stereocenters. The van der Waals surface area contributed by atoms with E-state index in [4.69, 9.17) is 0 Å². The molecule has 4 nitrogen and oxygen atoms in total. The van der Waals surface area contributed by atoms with Gasteiger partial charge in [0.15, 0.2) is 0 Å². The van der Waals surface area contributed by atoms with E-state index in [1.54, 1.807) is 60.7 Å². The minimum atomic E-state index is -1.79. The molecule has 2 aromatic carbocycles. The maximum atomic E-state index is 11.6. The molecule has 6 heteroatoms. The Morgan fingerprint density at radius 1 is 0.611 bits per heavy atom. The van der Waals surface area contributed by atoms with Gasteiger partial charge in [-0.05, 0) is 24.3 Å². The van der Waals surface area contributed by atoms with Crippen molar-refractivity contribution in [2.75, 3.05) is 0 Å². The quantitative estimate of drug-likeness (QED) is 0.624. The summed E-state index contributed by atoms with van der Waals surface area (Å²) in [6.07, 6.45) is 0. The first-order valence-corrected chi connectivity index (χ1v) is 7.21. The molecule has 94 valence electrons. The third-order valence-corrected chi connectivity index (χ3v) is 3.81. The van der Waals surface area contributed by atoms with Crippen LogP contribution in [0.3, 0.4) is 0 Å². The van der Waals surface area contributed by atoms with Crippen LogP contribution in [-0.2, 0) is 30.8 Å². The maximum Gasteiger partial charge on any atom is 0.221 e. The van der Waals surface area contributed by atoms with Crippen molar-refractivity contribution in [2.24, 2.45) is 0 Å². The molecule has 18 heavy (non-hydrogen) atoms. The Hall–Kier alpha value is -1.34. The molecular formula is C12H10O4S2. The molecule has 0 fully saturated rings. The van der Waals surface area contributed by atoms with E-state index in [0.717, 1.165) is 0 Å². The lowest BCUT2D eigenvalue weighted by Gasteiger charge is -2.02. The van der Waals surface area contributed by atoms with Gasteiger partial charge >= 0.3 is 0 Å². The zero-order chi connectivity index (χ0) is 12.8. The monoisotopic (exact) mass is 282 g/mol. The molecule has 0 saturated heterocycles. The van der Waals surface area contributed by atoms with Gasteiger partial charge in [0.25, 0.3) is 0 Å². The van der Waals surface area contributed by atoms with Gasteiger partial charge in [-0.3, -0.25) is 0 Å². The van der Waals surface area contributed by atoms with E-state index >= 15 is 0 Å². The maximum absolute atomic E-state index is 11.6. The van der Waals surface area contributed by atoms with E-state index < -0.39 is 22.2 Å². The standard InChI is InChI=1S/C12H10O4S2/c13-17(11-7-3-1-4-8-11)15-16-18(14)12-9-5-2-6-10-12/h1-10H. The highest BCUT2D eigenvalue weighted by Crippen LogP contribution is 2.11. The normalized spacial score (nSPS) is 14.0. The lowest BCUT2D eigenvalue weighted by Crippen LogP contribution is -2.03. The molecule has 0 aliphatic carbocycles. The van der Waals surface area contributed by atoms with Crippen molar-refractivity contribution in [3.8, 4) is 0 Å². The molecule has 0 bridgehead atoms. The summed E-state index contributed by atoms with van der Waals surface area (Å²) in [6, 6.07) is 17.0. The Balaban J connectivity index is 1.93. The van der Waals surface area contributed by atoms with Gasteiger partial charge in [-0.2, -0.15) is 0 Å². The Morgan fingerprint density at radius 2 is 0.944 bits per heavy atom. The van der Waals surface area contributed by atoms with Gasteiger partial charge in [-0.15, -0.1) is 8.67 Å². The zero-order valence-corrected chi connectivity index (χ0v) is 10.9. The Labute approximate surface area is 110 Å². The molecule has 0 aliphatic heterocycles. The molecule has 0 spiro atoms. The number of benzene rings is 2. The van der Waals surface area contributed by atoms with Crippen molar-refractivity contribution >= 4 is 22.2 Å². The van der Waals surface area contributed by atoms with Gasteiger partial charge in [-0.1, -0.05) is 36.4 Å². The van der Waals surface area contributed by atoms with Gasteiger partial charge in [0.2, 0.25) is 22.2 Å². The second-order valence-electron chi connectivity index (χ2n) is 3.23. The predicted octanol–water partition coefficient (Wildman–Crippen LogP) is 2.38. The van der Waals surface area contributed by atoms with Crippen molar-refractivity contribution in [1.82, 2.24) is 0 Å². The van der Waals surface area contributed by atoms with Crippen LogP contribution in [0.25, 0.3) is 0 Å². The highest BCUT2D eigenvalue weighted by molar-refractivity contribution is 7.82. The van der Waals surface area contributed by atoms with E-state index in [9.17, 15) is 8.42 Å². The second kappa shape index (κ2) is 6.55. The first kappa shape index (κ1) is 13.1. The molecule has 0 heterocycles. The summed E-state index contributed by atoms with van der Waals surface area (Å²) >= 11 is -3.59. The van der Waals surface area contributed by atoms with Gasteiger partial charge in [0.1, 0.15) is 0 Å². The summed E-state index contributed by atoms with van der Waals surface area (Å²) in [7, 11) is 0. The van der Waals surface area contributed by atoms with E-state index in [2.05, 4.69) is 8.67 Å². The number of hydrogen-bond acceptors (Lipinski definition) is 4. The average Bonchev–Trinajstić information content (AvgIpc) is 2.46. The smallest absolute Gasteiger partial charge is 0.221 e. The van der Waals surface area contributed by atoms with Crippen molar-refractivity contribution in [2.45, 2.75) is 9.79 Å². The SMILES string of the molecule is O=S(OOS(=O)c1ccccc1)c1ccccc1. The van der Waals surface area contributed by atoms with Crippen molar-refractivity contribution < 1.29 is 17.1 Å². The minimum Gasteiger partial charge on any atom is -0.221 e. The lowest BCUT2D eigenvalue weighted by molar-refractivity contribution is -0.0705. The van der Waals surface area contributed by atoms with Crippen LogP contribution in [0, 0.1) is 0 Å². The van der Waals surface area contributed by atoms with Crippen LogP contribution >= 0.6 is 0 Å². The van der Waals surface area contributed by atoms with E-state index in [1.165, 1.54) is 0 Å². The fourth-order valence-electron chi connectivity index (χ4n) is 1.19. The number of hydrogen-bond donors (Lipinski definition) is 0. The van der Waals surface area contributed by atoms with Crippen LogP contribution in [0.1, 0.15) is 0 Å². The third-order valence-electron chi connectivity index (χ3n) is 2.02. The van der Waals surface area contributed by atoms with Crippen molar-refractivity contribution in [3.63, 3.8) is 0 Å². The highest BCUT2D eigenvalue weighted by atomic mass is 32.2. The fourth-order valence-corrected chi connectivity index (χ4v) is 2.51. The molecule has 0 N–H and O–H groups in total. The largest absolute Gasteiger partial charge is 0.221 e. The molecule has 0 amide bonds. The molecule has 2 atom stereocenters. The molecular weight excluding hydrogens is 272 g/mol. The van der Waals surface area contributed by atoms with Crippen LogP contribution < -0.4 is 0 Å². The summed E-state index contributed by atoms with van der Waals surface area (Å²) < 4.78 is 32.5. The van der Waals surface area contributed by atoms with Crippen LogP contribution in [0.15, 0.2) is 70.5 Å². The summed E-state index contributed by atoms with van der Waals surface area (Å²) in [5.41, 5.74) is 0. The van der Waals surface area contributed by atoms with E-state index in [0.29, 0.717) is 9.79 Å². The van der Waals surface area contributed by atoms with Gasteiger partial charge in [0, 0.05) is 0 Å². The van der Waals surface area contributed by atoms with Crippen LogP contribution in [0.2, 0.25) is 0 Å². The fraction of sp³-hybridized carbons (Fsp3) is 0. The van der Waals surface area contributed by atoms with Gasteiger partial charge in [-0.25, -0.2) is 8.42 Å². The van der Waals surface area contributed by atoms with Crippen LogP contribution in [0.5, 0.6) is 0 Å². The molecule has 0 aliphatic rings. The first-order valence-electron chi connectivity index (χ1n) is 5.06. The van der Waals surface area contributed by atoms with Crippen LogP contribution in [0.4, 0.5) is 0 Å². The minimum absolute atomic E-state index is 0.447. The summed E-state index contributed by atoms with van der Waals surface area (Å²) in [6.45, 7) is 0. The lowest BCUT2D eigenvalue weighted by atomic mass is 10.4. The molecule has 2 aromatic rings. The first-order chi connectivity index (χ1) is 8.77. The van der Waals surface area contributed by atoms with Crippen molar-refractivity contribution in [3.05, 3.63) is 60.7 Å². The summed E-state index contributed by atoms with van der Waals surface area (Å²) in [5.74, 6) is 0. The molecule has 0 saturated carbocycles. The summed E-state index contributed by atoms with van der Waals surface area (Å²) in [4.78, 5) is 0.894. The van der Waals surface area contributed by atoms with Crippen molar-refractivity contribution in [1.29, 1.82) is 0 Å². The Kier molecular flexibility index (Phi) is 4.77. The van der Waals surface area contributed by atoms with Gasteiger partial charge < -0.3 is 0 Å². The molecule has 0 aromatic heterocycles. The van der Waals surface area contributed by atoms with E-state index in [1.807, 2.05) is 0 Å². The summed E-state index contributed by atoms with van der Waals surface area (Å²) in [5, 5.41) is 0. The highest BCUT2D eigenvalue weighted by Gasteiger charge is 2.10. The predicted molar refractivity (Wildman–Crippen MR) is 67.9 cm³/mol.